The zero-order valence-corrected chi connectivity index (χ0v) is 15.0. The Hall–Kier alpha value is -2.01. The number of carbonyl (C=O) groups is 3. The topological polar surface area (TPSA) is 121 Å². The number of carboxylic acids is 1. The molecule has 1 saturated heterocycles. The van der Waals surface area contributed by atoms with E-state index in [0.717, 1.165) is 5.01 Å². The summed E-state index contributed by atoms with van der Waals surface area (Å²) in [6.07, 6.45) is 4.76. The molecule has 11 heteroatoms. The van der Waals surface area contributed by atoms with Crippen LogP contribution in [0.15, 0.2) is 24.0 Å². The molecular weight excluding hydrogens is 370 g/mol. The minimum atomic E-state index is -0.872. The molecule has 2 atom stereocenters. The lowest BCUT2D eigenvalue weighted by Crippen LogP contribution is -2.47. The van der Waals surface area contributed by atoms with Gasteiger partial charge in [-0.3, -0.25) is 29.5 Å². The molecule has 2 aliphatic rings. The zero-order valence-electron chi connectivity index (χ0n) is 13.4. The van der Waals surface area contributed by atoms with Gasteiger partial charge in [0, 0.05) is 30.6 Å². The third-order valence-electron chi connectivity index (χ3n) is 3.51. The summed E-state index contributed by atoms with van der Waals surface area (Å²) in [4.78, 5) is 45.0. The van der Waals surface area contributed by atoms with Gasteiger partial charge in [0.1, 0.15) is 11.6 Å². The van der Waals surface area contributed by atoms with Crippen LogP contribution in [0.3, 0.4) is 0 Å². The van der Waals surface area contributed by atoms with E-state index in [9.17, 15) is 24.5 Å². The van der Waals surface area contributed by atoms with E-state index in [4.69, 9.17) is 5.11 Å². The molecule has 1 fully saturated rings. The fourth-order valence-corrected chi connectivity index (χ4v) is 4.79. The third-order valence-corrected chi connectivity index (χ3v) is 6.66. The van der Waals surface area contributed by atoms with Gasteiger partial charge in [0.05, 0.1) is 4.92 Å². The summed E-state index contributed by atoms with van der Waals surface area (Å²) < 4.78 is 0. The predicted molar refractivity (Wildman–Crippen MR) is 92.4 cm³/mol. The maximum Gasteiger partial charge on any atom is 0.303 e. The van der Waals surface area contributed by atoms with Gasteiger partial charge in [0.15, 0.2) is 0 Å². The van der Waals surface area contributed by atoms with Crippen LogP contribution in [0.1, 0.15) is 32.6 Å². The molecule has 2 amide bonds. The van der Waals surface area contributed by atoms with Gasteiger partial charge in [-0.15, -0.1) is 0 Å². The fraction of sp³-hybridized carbons (Fsp3) is 0.500. The highest BCUT2D eigenvalue weighted by molar-refractivity contribution is 8.77. The predicted octanol–water partition coefficient (Wildman–Crippen LogP) is 2.00. The Morgan fingerprint density at radius 2 is 2.08 bits per heavy atom. The Morgan fingerprint density at radius 3 is 2.64 bits per heavy atom. The van der Waals surface area contributed by atoms with Crippen LogP contribution in [-0.2, 0) is 14.4 Å². The summed E-state index contributed by atoms with van der Waals surface area (Å²) in [5.41, 5.74) is -0.215. The largest absolute Gasteiger partial charge is 0.481 e. The number of carbonyl (C=O) groups excluding carboxylic acids is 2. The lowest BCUT2D eigenvalue weighted by atomic mass is 10.2. The lowest BCUT2D eigenvalue weighted by molar-refractivity contribution is -0.420. The van der Waals surface area contributed by atoms with Crippen molar-refractivity contribution in [3.8, 4) is 0 Å². The maximum absolute atomic E-state index is 12.0. The number of carboxylic acid groups (broad SMARTS) is 1. The number of rotatable bonds is 8. The minimum absolute atomic E-state index is 0.0298. The van der Waals surface area contributed by atoms with Crippen molar-refractivity contribution in [2.75, 3.05) is 0 Å². The molecule has 25 heavy (non-hydrogen) atoms. The van der Waals surface area contributed by atoms with E-state index in [0.29, 0.717) is 6.42 Å². The highest BCUT2D eigenvalue weighted by Gasteiger charge is 2.38. The smallest absolute Gasteiger partial charge is 0.303 e. The molecule has 0 aliphatic carbocycles. The highest BCUT2D eigenvalue weighted by Crippen LogP contribution is 2.38. The SMILES string of the molecule is CC(CCC(=O)O)SSC1C=CC([N+](=O)[O-])=CN1N1C(=O)CCC1=O. The van der Waals surface area contributed by atoms with Crippen molar-refractivity contribution in [2.24, 2.45) is 0 Å². The number of nitro groups is 1. The number of amides is 2. The van der Waals surface area contributed by atoms with E-state index < -0.39 is 28.1 Å². The first-order chi connectivity index (χ1) is 11.8. The molecule has 2 aliphatic heterocycles. The van der Waals surface area contributed by atoms with Gasteiger partial charge in [-0.25, -0.2) is 0 Å². The molecule has 1 N–H and O–H groups in total. The molecule has 0 aromatic rings. The number of hydrogen-bond acceptors (Lipinski definition) is 8. The standard InChI is InChI=1S/C14H17N3O6S2/c1-9(2-7-14(20)21)24-25-13-6-3-10(17(22)23)8-15(13)16-11(18)4-5-12(16)19/h3,6,8-9,13H,2,4-5,7H2,1H3,(H,20,21). The van der Waals surface area contributed by atoms with E-state index in [-0.39, 0.29) is 30.2 Å². The number of imide groups is 1. The molecule has 0 bridgehead atoms. The second kappa shape index (κ2) is 8.39. The van der Waals surface area contributed by atoms with Crippen LogP contribution < -0.4 is 0 Å². The van der Waals surface area contributed by atoms with Crippen molar-refractivity contribution < 1.29 is 24.4 Å². The number of hydrazine groups is 1. The number of allylic oxidation sites excluding steroid dienone is 1. The Bertz CT molecular complexity index is 634. The number of nitrogens with zero attached hydrogens (tertiary/aromatic N) is 3. The normalized spacial score (nSPS) is 21.5. The average molecular weight is 387 g/mol. The summed E-state index contributed by atoms with van der Waals surface area (Å²) >= 11 is 0. The summed E-state index contributed by atoms with van der Waals surface area (Å²) in [5, 5.41) is 21.5. The van der Waals surface area contributed by atoms with Crippen molar-refractivity contribution >= 4 is 39.4 Å². The van der Waals surface area contributed by atoms with Crippen LogP contribution >= 0.6 is 21.6 Å². The van der Waals surface area contributed by atoms with Crippen LogP contribution in [-0.4, -0.2) is 48.5 Å². The van der Waals surface area contributed by atoms with Crippen LogP contribution in [0.2, 0.25) is 0 Å². The van der Waals surface area contributed by atoms with Crippen LogP contribution in [0.4, 0.5) is 0 Å². The second-order valence-electron chi connectivity index (χ2n) is 5.48. The van der Waals surface area contributed by atoms with Gasteiger partial charge < -0.3 is 5.11 Å². The second-order valence-corrected chi connectivity index (χ2v) is 8.30. The Morgan fingerprint density at radius 1 is 1.44 bits per heavy atom. The van der Waals surface area contributed by atoms with E-state index in [1.807, 2.05) is 6.92 Å². The first kappa shape index (κ1) is 19.3. The first-order valence-electron chi connectivity index (χ1n) is 7.52. The minimum Gasteiger partial charge on any atom is -0.481 e. The molecule has 0 aromatic carbocycles. The summed E-state index contributed by atoms with van der Waals surface area (Å²) in [7, 11) is 2.73. The van der Waals surface area contributed by atoms with Crippen LogP contribution in [0.5, 0.6) is 0 Å². The molecule has 0 saturated carbocycles. The van der Waals surface area contributed by atoms with E-state index >= 15 is 0 Å². The van der Waals surface area contributed by atoms with Gasteiger partial charge in [-0.1, -0.05) is 28.5 Å². The van der Waals surface area contributed by atoms with E-state index in [1.165, 1.54) is 38.9 Å². The van der Waals surface area contributed by atoms with E-state index in [2.05, 4.69) is 0 Å². The maximum atomic E-state index is 12.0. The Balaban J connectivity index is 2.08. The summed E-state index contributed by atoms with van der Waals surface area (Å²) in [5.74, 6) is -1.66. The summed E-state index contributed by atoms with van der Waals surface area (Å²) in [6, 6.07) is 0. The van der Waals surface area contributed by atoms with Gasteiger partial charge >= 0.3 is 5.97 Å². The molecule has 0 aromatic heterocycles. The molecule has 136 valence electrons. The zero-order chi connectivity index (χ0) is 18.6. The van der Waals surface area contributed by atoms with Crippen molar-refractivity contribution in [3.63, 3.8) is 0 Å². The molecule has 0 radical (unpaired) electrons. The van der Waals surface area contributed by atoms with Crippen LogP contribution in [0.25, 0.3) is 0 Å². The molecule has 2 unspecified atom stereocenters. The molecule has 0 spiro atoms. The van der Waals surface area contributed by atoms with Crippen LogP contribution in [0, 0.1) is 10.1 Å². The monoisotopic (exact) mass is 387 g/mol. The fourth-order valence-electron chi connectivity index (χ4n) is 2.23. The first-order valence-corrected chi connectivity index (χ1v) is 9.79. The van der Waals surface area contributed by atoms with Crippen molar-refractivity contribution in [2.45, 2.75) is 43.2 Å². The van der Waals surface area contributed by atoms with Gasteiger partial charge in [0.25, 0.3) is 5.70 Å². The van der Waals surface area contributed by atoms with Gasteiger partial charge in [-0.05, 0) is 12.5 Å². The Labute approximate surface area is 151 Å². The molecule has 2 heterocycles. The number of aliphatic carboxylic acids is 1. The van der Waals surface area contributed by atoms with Crippen molar-refractivity contribution in [1.82, 2.24) is 10.0 Å². The molecule has 2 rings (SSSR count). The highest BCUT2D eigenvalue weighted by atomic mass is 33.1. The van der Waals surface area contributed by atoms with Crippen molar-refractivity contribution in [1.29, 1.82) is 0 Å². The average Bonchev–Trinajstić information content (AvgIpc) is 2.89. The summed E-state index contributed by atoms with van der Waals surface area (Å²) in [6.45, 7) is 1.88. The number of hydrogen-bond donors (Lipinski definition) is 1. The lowest BCUT2D eigenvalue weighted by Gasteiger charge is -2.35. The quantitative estimate of drug-likeness (QED) is 0.288. The molecular formula is C14H17N3O6S2. The van der Waals surface area contributed by atoms with Gasteiger partial charge in [-0.2, -0.15) is 5.01 Å². The van der Waals surface area contributed by atoms with Crippen molar-refractivity contribution in [3.05, 3.63) is 34.2 Å². The Kier molecular flexibility index (Phi) is 6.48. The van der Waals surface area contributed by atoms with Gasteiger partial charge in [0.2, 0.25) is 11.8 Å². The third kappa shape index (κ3) is 4.98. The molecule has 9 nitrogen and oxygen atoms in total. The van der Waals surface area contributed by atoms with E-state index in [1.54, 1.807) is 6.08 Å².